The van der Waals surface area contributed by atoms with Crippen molar-refractivity contribution < 1.29 is 19.7 Å². The lowest BCUT2D eigenvalue weighted by Crippen LogP contribution is -2.32. The minimum absolute atomic E-state index is 0. The molecule has 0 unspecified atom stereocenters. The van der Waals surface area contributed by atoms with Crippen molar-refractivity contribution in [2.75, 3.05) is 68.3 Å². The summed E-state index contributed by atoms with van der Waals surface area (Å²) in [7, 11) is 0. The molecule has 0 aromatic heterocycles. The van der Waals surface area contributed by atoms with Gasteiger partial charge in [0, 0.05) is 63.8 Å². The van der Waals surface area contributed by atoms with Crippen LogP contribution in [0.3, 0.4) is 0 Å². The standard InChI is InChI=1S/C27H35N3.C27H23N3.C21H27N3O4.C21H27N3.C15H15N3.CH4/c2*1-20-12-16-24(17-13-20)29-26(21-8-4-2-5-9-21)27(22-10-6-3-7-11-22)30-25-18-14-23(28)15-19-25;1-16-2-6-18(7-3-16)23-20(14-27-12-10-25)21(15-28-13-11-26)24-19-8-4-17(22)5-9-19;1-4-6-20(23-18-12-8-16(3)9-13-18)21(7-5-2)24-19-14-10-17(22)11-15-19;1-12-2-6-14(7-3-12)17-10-11-18-15-8-4-13(16)5-9-15;/h12-19,21-22H,2-11,28H2,1H3;2-19H,28H2,1H3;2-9,25-26H,10-15,22H2,1H3;8-15H,4-7,22H2,1-3H3;2-11H,16H2,1H3;1H4. The first-order valence-corrected chi connectivity index (χ1v) is 45.2. The molecule has 14 rings (SSSR count). The zero-order valence-corrected chi connectivity index (χ0v) is 76.4. The van der Waals surface area contributed by atoms with Gasteiger partial charge in [-0.3, -0.25) is 30.0 Å². The van der Waals surface area contributed by atoms with E-state index >= 15 is 0 Å². The number of hydrogen-bond acceptors (Lipinski definition) is 19. The van der Waals surface area contributed by atoms with E-state index in [2.05, 4.69) is 146 Å². The van der Waals surface area contributed by atoms with Gasteiger partial charge in [0.05, 0.1) is 142 Å². The SMILES string of the molecule is C.CCCC(=Nc1ccc(C)cc1)C(CCC)=Nc1ccc(N)cc1.Cc1ccc(N=C(C(=Nc2ccc(N)cc2)C2CCCCC2)C2CCCCC2)cc1.Cc1ccc(N=C(C(=Nc2ccc(N)cc2)c2ccccc2)c2ccccc2)cc1.Cc1ccc(N=C(COCCO)C(COCCO)=Nc2ccc(N)cc2)cc1.Cc1ccc(N=CC=Nc2ccc(N)cc2)cc1. The van der Waals surface area contributed by atoms with Gasteiger partial charge < -0.3 is 48.4 Å². The highest BCUT2D eigenvalue weighted by atomic mass is 16.5. The van der Waals surface area contributed by atoms with Gasteiger partial charge in [0.1, 0.15) is 0 Å². The maximum atomic E-state index is 9.01. The number of anilines is 5. The average molecular weight is 1750 g/mol. The number of nitrogen functional groups attached to an aromatic ring is 5. The summed E-state index contributed by atoms with van der Waals surface area (Å²) in [6, 6.07) is 99.1. The average Bonchev–Trinajstić information content (AvgIpc) is 0.806. The molecule has 19 nitrogen and oxygen atoms in total. The van der Waals surface area contributed by atoms with Gasteiger partial charge >= 0.3 is 0 Å². The molecule has 0 heterocycles. The van der Waals surface area contributed by atoms with Crippen LogP contribution in [0.15, 0.2) is 353 Å². The molecule has 12 aromatic carbocycles. The van der Waals surface area contributed by atoms with Crippen molar-refractivity contribution in [3.63, 3.8) is 0 Å². The van der Waals surface area contributed by atoms with Crippen LogP contribution in [0.25, 0.3) is 0 Å². The third kappa shape index (κ3) is 36.0. The van der Waals surface area contributed by atoms with Crippen LogP contribution in [0.5, 0.6) is 0 Å². The normalized spacial score (nSPS) is 13.8. The molecular formula is C112H131N15O4. The molecule has 0 spiro atoms. The van der Waals surface area contributed by atoms with Crippen molar-refractivity contribution in [3.8, 4) is 0 Å². The molecule has 678 valence electrons. The van der Waals surface area contributed by atoms with Crippen LogP contribution in [0, 0.1) is 46.5 Å². The molecule has 0 radical (unpaired) electrons. The fourth-order valence-corrected chi connectivity index (χ4v) is 14.3. The summed E-state index contributed by atoms with van der Waals surface area (Å²) in [6.07, 6.45) is 20.1. The predicted octanol–water partition coefficient (Wildman–Crippen LogP) is 26.9. The van der Waals surface area contributed by atoms with Gasteiger partial charge in [-0.1, -0.05) is 222 Å². The predicted molar refractivity (Wildman–Crippen MR) is 560 cm³/mol. The van der Waals surface area contributed by atoms with Crippen LogP contribution in [-0.2, 0) is 9.47 Å². The number of aryl methyl sites for hydroxylation is 5. The minimum atomic E-state index is -0.0827. The minimum Gasteiger partial charge on any atom is -0.399 e. The van der Waals surface area contributed by atoms with E-state index in [4.69, 9.17) is 78.3 Å². The lowest BCUT2D eigenvalue weighted by atomic mass is 9.77. The number of aliphatic hydroxyl groups is 2. The molecule has 0 aliphatic heterocycles. The Bertz CT molecular complexity index is 5330. The first-order chi connectivity index (χ1) is 63.3. The molecular weight excluding hydrogens is 1620 g/mol. The van der Waals surface area contributed by atoms with E-state index in [1.807, 2.05) is 201 Å². The number of nitrogens with zero attached hydrogens (tertiary/aromatic N) is 10. The lowest BCUT2D eigenvalue weighted by molar-refractivity contribution is 0.115. The van der Waals surface area contributed by atoms with E-state index in [1.54, 1.807) is 36.7 Å². The molecule has 12 N–H and O–H groups in total. The maximum absolute atomic E-state index is 9.01. The second kappa shape index (κ2) is 55.8. The van der Waals surface area contributed by atoms with Gasteiger partial charge in [-0.2, -0.15) is 0 Å². The number of ether oxygens (including phenoxy) is 2. The Kier molecular flexibility index (Phi) is 43.0. The summed E-state index contributed by atoms with van der Waals surface area (Å²) in [4.78, 5) is 48.1. The van der Waals surface area contributed by atoms with Crippen LogP contribution in [0.4, 0.5) is 85.3 Å². The number of nitrogens with two attached hydrogens (primary N) is 5. The van der Waals surface area contributed by atoms with Crippen LogP contribution >= 0.6 is 0 Å². The van der Waals surface area contributed by atoms with Crippen LogP contribution in [0.2, 0.25) is 0 Å². The van der Waals surface area contributed by atoms with Crippen molar-refractivity contribution in [1.82, 2.24) is 0 Å². The highest BCUT2D eigenvalue weighted by molar-refractivity contribution is 6.54. The lowest BCUT2D eigenvalue weighted by Gasteiger charge is -2.30. The molecule has 131 heavy (non-hydrogen) atoms. The van der Waals surface area contributed by atoms with Gasteiger partial charge in [0.25, 0.3) is 0 Å². The van der Waals surface area contributed by atoms with E-state index in [1.165, 1.54) is 97.9 Å². The molecule has 0 bridgehead atoms. The Morgan fingerprint density at radius 2 is 0.519 bits per heavy atom. The summed E-state index contributed by atoms with van der Waals surface area (Å²) < 4.78 is 11.0. The van der Waals surface area contributed by atoms with Gasteiger partial charge in [-0.15, -0.1) is 0 Å². The first kappa shape index (κ1) is 101. The zero-order chi connectivity index (χ0) is 91.9. The van der Waals surface area contributed by atoms with E-state index in [0.717, 1.165) is 133 Å². The Labute approximate surface area is 776 Å². The molecule has 19 heteroatoms. The highest BCUT2D eigenvalue weighted by Crippen LogP contribution is 2.35. The largest absolute Gasteiger partial charge is 0.399 e. The van der Waals surface area contributed by atoms with Crippen LogP contribution in [-0.4, -0.2) is 108 Å². The second-order valence-electron chi connectivity index (χ2n) is 32.3. The zero-order valence-electron chi connectivity index (χ0n) is 76.4. The van der Waals surface area contributed by atoms with E-state index in [9.17, 15) is 0 Å². The molecule has 2 fully saturated rings. The molecule has 2 aliphatic carbocycles. The molecule has 2 saturated carbocycles. The van der Waals surface area contributed by atoms with Crippen molar-refractivity contribution in [2.45, 2.75) is 146 Å². The van der Waals surface area contributed by atoms with Gasteiger partial charge in [0.15, 0.2) is 0 Å². The Morgan fingerprint density at radius 3 is 0.779 bits per heavy atom. The summed E-state index contributed by atoms with van der Waals surface area (Å²) in [5.74, 6) is 1.04. The second-order valence-corrected chi connectivity index (χ2v) is 32.3. The van der Waals surface area contributed by atoms with Crippen molar-refractivity contribution in [1.29, 1.82) is 0 Å². The summed E-state index contributed by atoms with van der Waals surface area (Å²) in [5.41, 5.74) is 57.0. The quantitative estimate of drug-likeness (QED) is 0.0123. The maximum Gasteiger partial charge on any atom is 0.0972 e. The number of aliphatic hydroxyl groups excluding tert-OH is 2. The van der Waals surface area contributed by atoms with Crippen molar-refractivity contribution in [3.05, 3.63) is 342 Å². The molecule has 0 saturated heterocycles. The number of hydrogen-bond donors (Lipinski definition) is 7. The molecule has 12 aromatic rings. The van der Waals surface area contributed by atoms with E-state index < -0.39 is 0 Å². The van der Waals surface area contributed by atoms with Gasteiger partial charge in [0.2, 0.25) is 0 Å². The number of benzene rings is 12. The Balaban J connectivity index is 0.000000186. The fraction of sp³-hybridized carbons (Fsp3) is 0.268. The Morgan fingerprint density at radius 1 is 0.290 bits per heavy atom. The topological polar surface area (TPSA) is 313 Å². The van der Waals surface area contributed by atoms with E-state index in [0.29, 0.717) is 40.3 Å². The van der Waals surface area contributed by atoms with Crippen molar-refractivity contribution in [2.24, 2.45) is 61.8 Å². The highest BCUT2D eigenvalue weighted by Gasteiger charge is 2.30. The third-order valence-corrected chi connectivity index (χ3v) is 21.3. The van der Waals surface area contributed by atoms with Gasteiger partial charge in [-0.25, -0.2) is 20.0 Å². The smallest absolute Gasteiger partial charge is 0.0972 e. The fourth-order valence-electron chi connectivity index (χ4n) is 14.3. The summed E-state index contributed by atoms with van der Waals surface area (Å²) >= 11 is 0. The third-order valence-electron chi connectivity index (χ3n) is 21.3. The molecule has 2 aliphatic rings. The number of aliphatic imine (C=N–C) groups is 10. The first-order valence-electron chi connectivity index (χ1n) is 45.2. The summed E-state index contributed by atoms with van der Waals surface area (Å²) in [6.45, 7) is 15.3. The Hall–Kier alpha value is -13.8. The molecule has 0 amide bonds. The number of rotatable bonds is 31. The van der Waals surface area contributed by atoms with Crippen LogP contribution in [0.1, 0.15) is 150 Å². The van der Waals surface area contributed by atoms with Crippen molar-refractivity contribution >= 4 is 143 Å². The molecule has 0 atom stereocenters. The van der Waals surface area contributed by atoms with E-state index in [-0.39, 0.29) is 47.1 Å². The van der Waals surface area contributed by atoms with Gasteiger partial charge in [-0.05, 0) is 255 Å². The monoisotopic (exact) mass is 1750 g/mol. The van der Waals surface area contributed by atoms with Crippen LogP contribution < -0.4 is 28.7 Å². The summed E-state index contributed by atoms with van der Waals surface area (Å²) in [5, 5.41) is 18.0.